The summed E-state index contributed by atoms with van der Waals surface area (Å²) < 4.78 is 27.6. The molecule has 0 saturated heterocycles. The van der Waals surface area contributed by atoms with Crippen molar-refractivity contribution in [1.29, 1.82) is 0 Å². The topological polar surface area (TPSA) is 60.4 Å². The third kappa shape index (κ3) is 3.97. The molecule has 0 saturated carbocycles. The summed E-state index contributed by atoms with van der Waals surface area (Å²) in [5, 5.41) is 0. The van der Waals surface area contributed by atoms with Crippen LogP contribution in [0.1, 0.15) is 23.7 Å². The third-order valence-electron chi connectivity index (χ3n) is 1.87. The molecule has 0 atom stereocenters. The van der Waals surface area contributed by atoms with Crippen molar-refractivity contribution in [2.24, 2.45) is 0 Å². The molecule has 7 heteroatoms. The average Bonchev–Trinajstić information content (AvgIpc) is 2.25. The second-order valence-corrected chi connectivity index (χ2v) is 6.61. The van der Waals surface area contributed by atoms with Crippen LogP contribution in [0.4, 0.5) is 0 Å². The smallest absolute Gasteiger partial charge is 0.338 e. The molecular formula is C10H10BrClO4S. The van der Waals surface area contributed by atoms with E-state index in [1.54, 1.807) is 0 Å². The van der Waals surface area contributed by atoms with Crippen molar-refractivity contribution in [3.05, 3.63) is 28.2 Å². The summed E-state index contributed by atoms with van der Waals surface area (Å²) in [5.41, 5.74) is 0.154. The van der Waals surface area contributed by atoms with E-state index in [4.69, 9.17) is 15.4 Å². The first-order valence-corrected chi connectivity index (χ1v) is 7.88. The van der Waals surface area contributed by atoms with Gasteiger partial charge in [-0.05, 0) is 40.5 Å². The summed E-state index contributed by atoms with van der Waals surface area (Å²) >= 11 is 3.05. The number of carbonyl (C=O) groups excluding carboxylic acids is 1. The minimum Gasteiger partial charge on any atom is -0.462 e. The highest BCUT2D eigenvalue weighted by Crippen LogP contribution is 2.26. The van der Waals surface area contributed by atoms with Gasteiger partial charge in [-0.25, -0.2) is 13.2 Å². The number of halogens is 2. The maximum absolute atomic E-state index is 11.5. The molecule has 17 heavy (non-hydrogen) atoms. The Labute approximate surface area is 112 Å². The lowest BCUT2D eigenvalue weighted by Gasteiger charge is -2.05. The molecule has 0 bridgehead atoms. The van der Waals surface area contributed by atoms with E-state index in [2.05, 4.69) is 15.9 Å². The van der Waals surface area contributed by atoms with Gasteiger partial charge in [0.25, 0.3) is 9.05 Å². The monoisotopic (exact) mass is 340 g/mol. The van der Waals surface area contributed by atoms with E-state index in [1.807, 2.05) is 6.92 Å². The SMILES string of the molecule is CCCOC(=O)c1ccc(Br)c(S(=O)(=O)Cl)c1. The number of benzene rings is 1. The number of carbonyl (C=O) groups is 1. The van der Waals surface area contributed by atoms with Crippen molar-refractivity contribution < 1.29 is 17.9 Å². The van der Waals surface area contributed by atoms with Gasteiger partial charge in [0, 0.05) is 15.2 Å². The fourth-order valence-corrected chi connectivity index (χ4v) is 3.21. The molecule has 0 radical (unpaired) electrons. The molecule has 0 aliphatic rings. The van der Waals surface area contributed by atoms with Crippen molar-refractivity contribution in [3.8, 4) is 0 Å². The Morgan fingerprint density at radius 1 is 1.47 bits per heavy atom. The number of hydrogen-bond donors (Lipinski definition) is 0. The van der Waals surface area contributed by atoms with E-state index in [1.165, 1.54) is 18.2 Å². The molecule has 1 aromatic rings. The van der Waals surface area contributed by atoms with Crippen molar-refractivity contribution in [2.45, 2.75) is 18.2 Å². The molecule has 1 rings (SSSR count). The highest BCUT2D eigenvalue weighted by atomic mass is 79.9. The van der Waals surface area contributed by atoms with Crippen LogP contribution in [0.15, 0.2) is 27.6 Å². The van der Waals surface area contributed by atoms with E-state index < -0.39 is 15.0 Å². The molecule has 0 amide bonds. The van der Waals surface area contributed by atoms with Gasteiger partial charge < -0.3 is 4.74 Å². The Bertz CT molecular complexity index is 527. The molecule has 0 heterocycles. The molecule has 0 N–H and O–H groups in total. The predicted octanol–water partition coefficient (Wildman–Crippen LogP) is 2.94. The lowest BCUT2D eigenvalue weighted by Crippen LogP contribution is -2.07. The molecule has 0 fully saturated rings. The van der Waals surface area contributed by atoms with Crippen LogP contribution in [0.3, 0.4) is 0 Å². The standard InChI is InChI=1S/C10H10BrClO4S/c1-2-5-16-10(13)7-3-4-8(11)9(6-7)17(12,14)15/h3-4,6H,2,5H2,1H3. The van der Waals surface area contributed by atoms with Gasteiger partial charge in [0.05, 0.1) is 17.1 Å². The number of esters is 1. The Balaban J connectivity index is 3.09. The van der Waals surface area contributed by atoms with E-state index >= 15 is 0 Å². The summed E-state index contributed by atoms with van der Waals surface area (Å²) in [7, 11) is 1.34. The van der Waals surface area contributed by atoms with Crippen LogP contribution in [-0.2, 0) is 13.8 Å². The van der Waals surface area contributed by atoms with Crippen LogP contribution in [0.25, 0.3) is 0 Å². The molecule has 0 aliphatic carbocycles. The Kier molecular flexibility index (Phi) is 4.97. The highest BCUT2D eigenvalue weighted by Gasteiger charge is 2.17. The summed E-state index contributed by atoms with van der Waals surface area (Å²) in [6, 6.07) is 4.09. The summed E-state index contributed by atoms with van der Waals surface area (Å²) in [4.78, 5) is 11.4. The van der Waals surface area contributed by atoms with Gasteiger partial charge in [-0.3, -0.25) is 0 Å². The highest BCUT2D eigenvalue weighted by molar-refractivity contribution is 9.10. The van der Waals surface area contributed by atoms with Crippen molar-refractivity contribution in [1.82, 2.24) is 0 Å². The lowest BCUT2D eigenvalue weighted by molar-refractivity contribution is 0.0505. The summed E-state index contributed by atoms with van der Waals surface area (Å²) in [5.74, 6) is -0.569. The van der Waals surface area contributed by atoms with E-state index in [-0.39, 0.29) is 17.1 Å². The first kappa shape index (κ1) is 14.5. The lowest BCUT2D eigenvalue weighted by atomic mass is 10.2. The van der Waals surface area contributed by atoms with Gasteiger partial charge in [0.15, 0.2) is 0 Å². The van der Waals surface area contributed by atoms with E-state index in [0.717, 1.165) is 0 Å². The normalized spacial score (nSPS) is 11.2. The molecule has 0 unspecified atom stereocenters. The molecule has 94 valence electrons. The zero-order valence-corrected chi connectivity index (χ0v) is 12.1. The van der Waals surface area contributed by atoms with Gasteiger partial charge in [-0.15, -0.1) is 0 Å². The van der Waals surface area contributed by atoms with Crippen molar-refractivity contribution in [2.75, 3.05) is 6.61 Å². The van der Waals surface area contributed by atoms with Crippen LogP contribution in [0.2, 0.25) is 0 Å². The third-order valence-corrected chi connectivity index (χ3v) is 4.18. The van der Waals surface area contributed by atoms with Crippen LogP contribution in [0.5, 0.6) is 0 Å². The number of hydrogen-bond acceptors (Lipinski definition) is 4. The molecule has 0 aromatic heterocycles. The fourth-order valence-electron chi connectivity index (χ4n) is 1.10. The van der Waals surface area contributed by atoms with Crippen molar-refractivity contribution >= 4 is 41.6 Å². The Morgan fingerprint density at radius 2 is 2.12 bits per heavy atom. The number of ether oxygens (including phenoxy) is 1. The molecular weight excluding hydrogens is 332 g/mol. The van der Waals surface area contributed by atoms with Crippen LogP contribution in [0, 0.1) is 0 Å². The largest absolute Gasteiger partial charge is 0.462 e. The van der Waals surface area contributed by atoms with Crippen molar-refractivity contribution in [3.63, 3.8) is 0 Å². The Hall–Kier alpha value is -0.590. The quantitative estimate of drug-likeness (QED) is 0.624. The minimum absolute atomic E-state index is 0.148. The first-order valence-electron chi connectivity index (χ1n) is 4.77. The first-order chi connectivity index (χ1) is 7.86. The Morgan fingerprint density at radius 3 is 2.65 bits per heavy atom. The fraction of sp³-hybridized carbons (Fsp3) is 0.300. The second kappa shape index (κ2) is 5.84. The number of rotatable bonds is 4. The van der Waals surface area contributed by atoms with Gasteiger partial charge in [0.1, 0.15) is 0 Å². The van der Waals surface area contributed by atoms with Gasteiger partial charge in [-0.1, -0.05) is 6.92 Å². The van der Waals surface area contributed by atoms with Gasteiger partial charge in [0.2, 0.25) is 0 Å². The van der Waals surface area contributed by atoms with Crippen LogP contribution >= 0.6 is 26.6 Å². The average molecular weight is 342 g/mol. The molecule has 1 aromatic carbocycles. The summed E-state index contributed by atoms with van der Waals surface area (Å²) in [6.45, 7) is 2.15. The van der Waals surface area contributed by atoms with Crippen LogP contribution < -0.4 is 0 Å². The predicted molar refractivity (Wildman–Crippen MR) is 67.8 cm³/mol. The zero-order valence-electron chi connectivity index (χ0n) is 8.94. The molecule has 0 spiro atoms. The van der Waals surface area contributed by atoms with Gasteiger partial charge in [-0.2, -0.15) is 0 Å². The summed E-state index contributed by atoms with van der Waals surface area (Å²) in [6.07, 6.45) is 0.697. The molecule has 4 nitrogen and oxygen atoms in total. The van der Waals surface area contributed by atoms with E-state index in [0.29, 0.717) is 10.9 Å². The maximum atomic E-state index is 11.5. The van der Waals surface area contributed by atoms with E-state index in [9.17, 15) is 13.2 Å². The van der Waals surface area contributed by atoms with Gasteiger partial charge >= 0.3 is 5.97 Å². The van der Waals surface area contributed by atoms with Crippen LogP contribution in [-0.4, -0.2) is 21.0 Å². The maximum Gasteiger partial charge on any atom is 0.338 e. The zero-order chi connectivity index (χ0) is 13.1. The molecule has 0 aliphatic heterocycles. The minimum atomic E-state index is -3.89. The second-order valence-electron chi connectivity index (χ2n) is 3.22.